The van der Waals surface area contributed by atoms with Crippen molar-refractivity contribution < 1.29 is 0 Å². The molecular formula is C18H26N2S. The van der Waals surface area contributed by atoms with Crippen molar-refractivity contribution in [3.05, 3.63) is 30.3 Å². The number of para-hydroxylation sites is 1. The zero-order valence-electron chi connectivity index (χ0n) is 12.9. The molecule has 2 aromatic rings. The molecule has 21 heavy (non-hydrogen) atoms. The number of aromatic nitrogens is 1. The van der Waals surface area contributed by atoms with E-state index in [1.165, 1.54) is 54.5 Å². The summed E-state index contributed by atoms with van der Waals surface area (Å²) in [5, 5.41) is 7.13. The van der Waals surface area contributed by atoms with E-state index in [1.54, 1.807) is 0 Å². The van der Waals surface area contributed by atoms with Gasteiger partial charge < -0.3 is 10.3 Å². The molecule has 1 saturated carbocycles. The van der Waals surface area contributed by atoms with Gasteiger partial charge in [-0.2, -0.15) is 0 Å². The van der Waals surface area contributed by atoms with E-state index in [1.807, 2.05) is 11.8 Å². The summed E-state index contributed by atoms with van der Waals surface area (Å²) in [7, 11) is 0. The summed E-state index contributed by atoms with van der Waals surface area (Å²) in [6.45, 7) is 3.40. The summed E-state index contributed by atoms with van der Waals surface area (Å²) < 4.78 is 0. The van der Waals surface area contributed by atoms with Crippen LogP contribution in [0.2, 0.25) is 0 Å². The van der Waals surface area contributed by atoms with E-state index in [9.17, 15) is 0 Å². The highest BCUT2D eigenvalue weighted by molar-refractivity contribution is 7.99. The molecule has 3 rings (SSSR count). The molecule has 1 heterocycles. The highest BCUT2D eigenvalue weighted by atomic mass is 32.2. The predicted octanol–water partition coefficient (Wildman–Crippen LogP) is 4.96. The Morgan fingerprint density at radius 1 is 1.19 bits per heavy atom. The fraction of sp³-hybridized carbons (Fsp3) is 0.556. The second-order valence-electron chi connectivity index (χ2n) is 6.08. The molecule has 2 atom stereocenters. The van der Waals surface area contributed by atoms with Gasteiger partial charge in [0.15, 0.2) is 0 Å². The SMILES string of the molecule is CCCNC1CCCCCC1Sc1cc2ccccc2[nH]1. The Kier molecular flexibility index (Phi) is 5.26. The largest absolute Gasteiger partial charge is 0.350 e. The third kappa shape index (κ3) is 3.83. The smallest absolute Gasteiger partial charge is 0.0735 e. The standard InChI is InChI=1S/C18H26N2S/c1-2-12-19-16-10-4-3-5-11-17(16)21-18-13-14-8-6-7-9-15(14)20-18/h6-9,13,16-17,19-20H,2-5,10-12H2,1H3. The van der Waals surface area contributed by atoms with E-state index in [4.69, 9.17) is 0 Å². The minimum Gasteiger partial charge on any atom is -0.350 e. The minimum atomic E-state index is 0.670. The summed E-state index contributed by atoms with van der Waals surface area (Å²) in [5.41, 5.74) is 1.26. The van der Waals surface area contributed by atoms with Crippen LogP contribution in [-0.4, -0.2) is 22.8 Å². The molecule has 1 aliphatic rings. The monoisotopic (exact) mass is 302 g/mol. The minimum absolute atomic E-state index is 0.670. The molecule has 0 radical (unpaired) electrons. The summed E-state index contributed by atoms with van der Waals surface area (Å²) in [6.07, 6.45) is 8.04. The van der Waals surface area contributed by atoms with Gasteiger partial charge in [-0.3, -0.25) is 0 Å². The zero-order chi connectivity index (χ0) is 14.5. The van der Waals surface area contributed by atoms with Gasteiger partial charge in [0, 0.05) is 22.2 Å². The lowest BCUT2D eigenvalue weighted by molar-refractivity contribution is 0.470. The molecule has 1 fully saturated rings. The number of nitrogens with one attached hydrogen (secondary N) is 2. The van der Waals surface area contributed by atoms with E-state index in [2.05, 4.69) is 47.6 Å². The van der Waals surface area contributed by atoms with Crippen molar-refractivity contribution >= 4 is 22.7 Å². The highest BCUT2D eigenvalue weighted by Gasteiger charge is 2.24. The number of H-pyrrole nitrogens is 1. The molecule has 1 aromatic heterocycles. The van der Waals surface area contributed by atoms with Crippen molar-refractivity contribution in [3.63, 3.8) is 0 Å². The summed E-state index contributed by atoms with van der Waals surface area (Å²) >= 11 is 2.04. The number of rotatable bonds is 5. The van der Waals surface area contributed by atoms with Gasteiger partial charge >= 0.3 is 0 Å². The first kappa shape index (κ1) is 15.0. The van der Waals surface area contributed by atoms with Gasteiger partial charge in [-0.15, -0.1) is 11.8 Å². The lowest BCUT2D eigenvalue weighted by atomic mass is 10.1. The third-order valence-corrected chi connectivity index (χ3v) is 5.73. The summed E-state index contributed by atoms with van der Waals surface area (Å²) in [4.78, 5) is 3.58. The molecule has 0 bridgehead atoms. The van der Waals surface area contributed by atoms with Crippen LogP contribution in [0.5, 0.6) is 0 Å². The maximum atomic E-state index is 3.78. The number of aromatic amines is 1. The van der Waals surface area contributed by atoms with E-state index >= 15 is 0 Å². The van der Waals surface area contributed by atoms with Crippen LogP contribution in [0.15, 0.2) is 35.4 Å². The zero-order valence-corrected chi connectivity index (χ0v) is 13.7. The number of hydrogen-bond donors (Lipinski definition) is 2. The molecular weight excluding hydrogens is 276 g/mol. The summed E-state index contributed by atoms with van der Waals surface area (Å²) in [5.74, 6) is 0. The normalized spacial score (nSPS) is 23.3. The molecule has 3 heteroatoms. The van der Waals surface area contributed by atoms with Crippen LogP contribution in [0.25, 0.3) is 10.9 Å². The first-order valence-electron chi connectivity index (χ1n) is 8.34. The topological polar surface area (TPSA) is 27.8 Å². The molecule has 0 saturated heterocycles. The predicted molar refractivity (Wildman–Crippen MR) is 93.1 cm³/mol. The van der Waals surface area contributed by atoms with E-state index in [0.29, 0.717) is 11.3 Å². The quantitative estimate of drug-likeness (QED) is 0.764. The molecule has 2 unspecified atom stereocenters. The third-order valence-electron chi connectivity index (χ3n) is 4.39. The fourth-order valence-electron chi connectivity index (χ4n) is 3.25. The van der Waals surface area contributed by atoms with Gasteiger partial charge in [0.05, 0.1) is 5.03 Å². The lowest BCUT2D eigenvalue weighted by Crippen LogP contribution is -2.37. The number of fused-ring (bicyclic) bond motifs is 1. The van der Waals surface area contributed by atoms with E-state index in [0.717, 1.165) is 6.54 Å². The molecule has 1 aromatic carbocycles. The maximum Gasteiger partial charge on any atom is 0.0735 e. The first-order chi connectivity index (χ1) is 10.4. The molecule has 0 amide bonds. The van der Waals surface area contributed by atoms with Crippen molar-refractivity contribution in [1.82, 2.24) is 10.3 Å². The van der Waals surface area contributed by atoms with Crippen LogP contribution in [0.4, 0.5) is 0 Å². The molecule has 0 spiro atoms. The Morgan fingerprint density at radius 3 is 2.90 bits per heavy atom. The highest BCUT2D eigenvalue weighted by Crippen LogP contribution is 2.34. The van der Waals surface area contributed by atoms with Crippen LogP contribution < -0.4 is 5.32 Å². The van der Waals surface area contributed by atoms with Gasteiger partial charge in [0.1, 0.15) is 0 Å². The second kappa shape index (κ2) is 7.37. The second-order valence-corrected chi connectivity index (χ2v) is 7.36. The lowest BCUT2D eigenvalue weighted by Gasteiger charge is -2.25. The molecule has 1 aliphatic carbocycles. The number of benzene rings is 1. The van der Waals surface area contributed by atoms with Crippen molar-refractivity contribution in [3.8, 4) is 0 Å². The Hall–Kier alpha value is -0.930. The van der Waals surface area contributed by atoms with Gasteiger partial charge in [0.25, 0.3) is 0 Å². The average molecular weight is 302 g/mol. The van der Waals surface area contributed by atoms with Crippen molar-refractivity contribution in [2.24, 2.45) is 0 Å². The van der Waals surface area contributed by atoms with Gasteiger partial charge in [0.2, 0.25) is 0 Å². The number of thioether (sulfide) groups is 1. The first-order valence-corrected chi connectivity index (χ1v) is 9.22. The van der Waals surface area contributed by atoms with Crippen molar-refractivity contribution in [1.29, 1.82) is 0 Å². The Bertz CT molecular complexity index is 530. The maximum absolute atomic E-state index is 3.78. The Balaban J connectivity index is 1.72. The number of hydrogen-bond acceptors (Lipinski definition) is 2. The van der Waals surface area contributed by atoms with Crippen LogP contribution in [0.1, 0.15) is 45.4 Å². The van der Waals surface area contributed by atoms with Crippen LogP contribution in [-0.2, 0) is 0 Å². The molecule has 2 N–H and O–H groups in total. The van der Waals surface area contributed by atoms with E-state index in [-0.39, 0.29) is 0 Å². The molecule has 2 nitrogen and oxygen atoms in total. The summed E-state index contributed by atoms with van der Waals surface area (Å²) in [6, 6.07) is 11.5. The van der Waals surface area contributed by atoms with Gasteiger partial charge in [-0.05, 0) is 37.9 Å². The van der Waals surface area contributed by atoms with E-state index < -0.39 is 0 Å². The van der Waals surface area contributed by atoms with Crippen LogP contribution >= 0.6 is 11.8 Å². The van der Waals surface area contributed by atoms with Crippen LogP contribution in [0, 0.1) is 0 Å². The van der Waals surface area contributed by atoms with Crippen molar-refractivity contribution in [2.75, 3.05) is 6.54 Å². The Morgan fingerprint density at radius 2 is 2.05 bits per heavy atom. The molecule has 0 aliphatic heterocycles. The van der Waals surface area contributed by atoms with Crippen molar-refractivity contribution in [2.45, 2.75) is 61.8 Å². The van der Waals surface area contributed by atoms with Crippen LogP contribution in [0.3, 0.4) is 0 Å². The fourth-order valence-corrected chi connectivity index (χ4v) is 4.62. The van der Waals surface area contributed by atoms with Gasteiger partial charge in [-0.25, -0.2) is 0 Å². The average Bonchev–Trinajstić information content (AvgIpc) is 2.78. The van der Waals surface area contributed by atoms with Gasteiger partial charge in [-0.1, -0.05) is 44.4 Å². The Labute approximate surface area is 132 Å². The molecule has 114 valence electrons.